The second-order valence-corrected chi connectivity index (χ2v) is 9.89. The van der Waals surface area contributed by atoms with E-state index >= 15 is 0 Å². The molecule has 4 rings (SSSR count). The molecule has 0 saturated heterocycles. The van der Waals surface area contributed by atoms with Crippen LogP contribution in [0.3, 0.4) is 0 Å². The topological polar surface area (TPSA) is 97.6 Å². The third-order valence-electron chi connectivity index (χ3n) is 4.73. The number of pyridine rings is 1. The van der Waals surface area contributed by atoms with E-state index in [1.54, 1.807) is 18.2 Å². The highest BCUT2D eigenvalue weighted by molar-refractivity contribution is 7.93. The Morgan fingerprint density at radius 3 is 2.48 bits per heavy atom. The quantitative estimate of drug-likeness (QED) is 0.443. The van der Waals surface area contributed by atoms with E-state index in [0.717, 1.165) is 21.2 Å². The van der Waals surface area contributed by atoms with Crippen LogP contribution in [-0.4, -0.2) is 19.3 Å². The molecule has 0 saturated carbocycles. The molecule has 1 amide bonds. The van der Waals surface area contributed by atoms with E-state index in [1.165, 1.54) is 48.8 Å². The number of carbonyl (C=O) groups is 1. The van der Waals surface area contributed by atoms with Gasteiger partial charge in [0, 0.05) is 12.4 Å². The number of aromatic nitrogens is 1. The molecule has 2 aromatic carbocycles. The van der Waals surface area contributed by atoms with Gasteiger partial charge in [0.05, 0.1) is 20.8 Å². The molecule has 158 valence electrons. The number of carbonyl (C=O) groups excluding carboxylic acids is 1. The molecule has 0 aliphatic rings. The van der Waals surface area contributed by atoms with Gasteiger partial charge in [0.15, 0.2) is 0 Å². The largest absolute Gasteiger partial charge is 0.414 e. The molecule has 4 aromatic rings. The Bertz CT molecular complexity index is 1410. The van der Waals surface area contributed by atoms with Crippen LogP contribution in [0, 0.1) is 0 Å². The summed E-state index contributed by atoms with van der Waals surface area (Å²) in [4.78, 5) is 28.3. The van der Waals surface area contributed by atoms with Crippen molar-refractivity contribution in [1.82, 2.24) is 4.98 Å². The summed E-state index contributed by atoms with van der Waals surface area (Å²) in [7, 11) is -4.25. The Balaban J connectivity index is 1.88. The molecule has 0 atom stereocenters. The van der Waals surface area contributed by atoms with E-state index in [4.69, 9.17) is 4.42 Å². The van der Waals surface area contributed by atoms with Crippen LogP contribution >= 0.6 is 11.3 Å². The van der Waals surface area contributed by atoms with Gasteiger partial charge in [-0.2, -0.15) is 4.31 Å². The van der Waals surface area contributed by atoms with Crippen LogP contribution in [0.15, 0.2) is 81.1 Å². The van der Waals surface area contributed by atoms with Crippen molar-refractivity contribution in [3.63, 3.8) is 0 Å². The van der Waals surface area contributed by atoms with Crippen LogP contribution in [0.4, 0.5) is 5.69 Å². The van der Waals surface area contributed by atoms with Gasteiger partial charge in [-0.15, -0.1) is 0 Å². The van der Waals surface area contributed by atoms with Crippen molar-refractivity contribution in [3.8, 4) is 0 Å². The first kappa shape index (κ1) is 21.0. The minimum absolute atomic E-state index is 0.0189. The maximum Gasteiger partial charge on any atom is 0.396 e. The summed E-state index contributed by atoms with van der Waals surface area (Å²) in [6.45, 7) is 4.01. The molecule has 0 radical (unpaired) electrons. The Labute approximate surface area is 182 Å². The van der Waals surface area contributed by atoms with Gasteiger partial charge < -0.3 is 4.42 Å². The van der Waals surface area contributed by atoms with Crippen molar-refractivity contribution in [2.24, 2.45) is 0 Å². The lowest BCUT2D eigenvalue weighted by Gasteiger charge is -2.23. The minimum Gasteiger partial charge on any atom is -0.414 e. The standard InChI is InChI=1S/C22H18N2O5S2/c1-14(2)15-5-8-18(9-6-15)31(27,28)24(21(25)16-4-3-11-23-13-16)17-7-10-19-20(12-17)30-22(26)29-19/h3-14H,1-2H3. The molecule has 0 bridgehead atoms. The average Bonchev–Trinajstić information content (AvgIpc) is 3.13. The molecule has 0 spiro atoms. The van der Waals surface area contributed by atoms with Crippen LogP contribution in [-0.2, 0) is 10.0 Å². The van der Waals surface area contributed by atoms with E-state index in [9.17, 15) is 18.0 Å². The first-order chi connectivity index (χ1) is 14.8. The molecular weight excluding hydrogens is 436 g/mol. The highest BCUT2D eigenvalue weighted by atomic mass is 32.2. The number of hydrogen-bond acceptors (Lipinski definition) is 7. The third-order valence-corrected chi connectivity index (χ3v) is 7.24. The van der Waals surface area contributed by atoms with Gasteiger partial charge in [0.2, 0.25) is 0 Å². The fourth-order valence-corrected chi connectivity index (χ4v) is 5.20. The molecule has 0 unspecified atom stereocenters. The van der Waals surface area contributed by atoms with Crippen molar-refractivity contribution in [3.05, 3.63) is 87.9 Å². The summed E-state index contributed by atoms with van der Waals surface area (Å²) in [5.74, 6) is -0.521. The van der Waals surface area contributed by atoms with Gasteiger partial charge >= 0.3 is 4.94 Å². The number of amides is 1. The summed E-state index contributed by atoms with van der Waals surface area (Å²) >= 11 is 0.835. The number of fused-ring (bicyclic) bond motifs is 1. The normalized spacial score (nSPS) is 11.7. The molecule has 2 heterocycles. The van der Waals surface area contributed by atoms with E-state index in [-0.39, 0.29) is 22.1 Å². The summed E-state index contributed by atoms with van der Waals surface area (Å²) in [5.41, 5.74) is 1.52. The number of sulfonamides is 1. The fraction of sp³-hybridized carbons (Fsp3) is 0.136. The van der Waals surface area contributed by atoms with Gasteiger partial charge in [-0.3, -0.25) is 9.78 Å². The van der Waals surface area contributed by atoms with Crippen molar-refractivity contribution in [1.29, 1.82) is 0 Å². The van der Waals surface area contributed by atoms with Crippen LogP contribution < -0.4 is 9.24 Å². The molecule has 31 heavy (non-hydrogen) atoms. The molecule has 9 heteroatoms. The molecule has 0 N–H and O–H groups in total. The van der Waals surface area contributed by atoms with Gasteiger partial charge in [-0.25, -0.2) is 13.2 Å². The molecule has 2 aromatic heterocycles. The van der Waals surface area contributed by atoms with Crippen LogP contribution in [0.25, 0.3) is 10.3 Å². The number of benzene rings is 2. The Kier molecular flexibility index (Phi) is 5.47. The lowest BCUT2D eigenvalue weighted by atomic mass is 10.0. The number of nitrogens with zero attached hydrogens (tertiary/aromatic N) is 2. The lowest BCUT2D eigenvalue weighted by molar-refractivity contribution is 0.100. The zero-order valence-corrected chi connectivity index (χ0v) is 18.3. The SMILES string of the molecule is CC(C)c1ccc(S(=O)(=O)N(C(=O)c2cccnc2)c2ccc3oc(=O)sc3c2)cc1. The van der Waals surface area contributed by atoms with Gasteiger partial charge in [-0.05, 0) is 53.9 Å². The van der Waals surface area contributed by atoms with Crippen molar-refractivity contribution < 1.29 is 17.6 Å². The summed E-state index contributed by atoms with van der Waals surface area (Å²) in [5, 5.41) is 0. The van der Waals surface area contributed by atoms with Crippen LogP contribution in [0.2, 0.25) is 0 Å². The van der Waals surface area contributed by atoms with Gasteiger partial charge in [0.1, 0.15) is 5.58 Å². The van der Waals surface area contributed by atoms with E-state index < -0.39 is 20.9 Å². The zero-order valence-electron chi connectivity index (χ0n) is 16.7. The maximum absolute atomic E-state index is 13.6. The Hall–Kier alpha value is -3.30. The van der Waals surface area contributed by atoms with E-state index in [0.29, 0.717) is 10.3 Å². The Morgan fingerprint density at radius 1 is 1.10 bits per heavy atom. The first-order valence-electron chi connectivity index (χ1n) is 9.41. The summed E-state index contributed by atoms with van der Waals surface area (Å²) in [6.07, 6.45) is 2.80. The summed E-state index contributed by atoms with van der Waals surface area (Å²) < 4.78 is 33.4. The summed E-state index contributed by atoms with van der Waals surface area (Å²) in [6, 6.07) is 13.9. The second-order valence-electron chi connectivity index (χ2n) is 7.13. The molecule has 0 fully saturated rings. The second kappa shape index (κ2) is 8.09. The maximum atomic E-state index is 13.6. The predicted molar refractivity (Wildman–Crippen MR) is 119 cm³/mol. The lowest BCUT2D eigenvalue weighted by Crippen LogP contribution is -2.37. The van der Waals surface area contributed by atoms with Gasteiger partial charge in [-0.1, -0.05) is 37.3 Å². The van der Waals surface area contributed by atoms with Crippen molar-refractivity contribution in [2.45, 2.75) is 24.7 Å². The number of rotatable bonds is 5. The van der Waals surface area contributed by atoms with Crippen molar-refractivity contribution in [2.75, 3.05) is 4.31 Å². The first-order valence-corrected chi connectivity index (χ1v) is 11.7. The van der Waals surface area contributed by atoms with Crippen LogP contribution in [0.1, 0.15) is 35.7 Å². The van der Waals surface area contributed by atoms with Crippen molar-refractivity contribution >= 4 is 43.2 Å². The van der Waals surface area contributed by atoms with Crippen LogP contribution in [0.5, 0.6) is 0 Å². The minimum atomic E-state index is -4.25. The highest BCUT2D eigenvalue weighted by Crippen LogP contribution is 2.30. The third kappa shape index (κ3) is 4.01. The smallest absolute Gasteiger partial charge is 0.396 e. The van der Waals surface area contributed by atoms with Gasteiger partial charge in [0.25, 0.3) is 15.9 Å². The number of anilines is 1. The van der Waals surface area contributed by atoms with E-state index in [1.807, 2.05) is 13.8 Å². The zero-order chi connectivity index (χ0) is 22.2. The highest BCUT2D eigenvalue weighted by Gasteiger charge is 2.32. The monoisotopic (exact) mass is 454 g/mol. The molecule has 0 aliphatic carbocycles. The molecule has 0 aliphatic heterocycles. The van der Waals surface area contributed by atoms with E-state index in [2.05, 4.69) is 4.98 Å². The number of hydrogen-bond donors (Lipinski definition) is 0. The molecular formula is C22H18N2O5S2. The average molecular weight is 455 g/mol. The predicted octanol–water partition coefficient (Wildman–Crippen LogP) is 4.41. The molecule has 7 nitrogen and oxygen atoms in total. The fourth-order valence-electron chi connectivity index (χ4n) is 3.09. The Morgan fingerprint density at radius 2 is 1.84 bits per heavy atom.